The highest BCUT2D eigenvalue weighted by Gasteiger charge is 2.28. The molecule has 1 aliphatic rings. The standard InChI is InChI=1S/C19H19N3/c1-14-9-10-17(16-7-5-4-6-8-16)11-19(14)22-15(2)21(3)13-18(22)12-20/h4-11,13,15H,1-3H3/t15-/m0/s1. The van der Waals surface area contributed by atoms with Gasteiger partial charge >= 0.3 is 0 Å². The Morgan fingerprint density at radius 3 is 2.45 bits per heavy atom. The fourth-order valence-corrected chi connectivity index (χ4v) is 2.84. The van der Waals surface area contributed by atoms with E-state index in [1.807, 2.05) is 31.4 Å². The second-order valence-corrected chi connectivity index (χ2v) is 5.66. The second-order valence-electron chi connectivity index (χ2n) is 5.66. The van der Waals surface area contributed by atoms with Crippen molar-refractivity contribution < 1.29 is 0 Å². The van der Waals surface area contributed by atoms with Crippen molar-refractivity contribution in [1.82, 2.24) is 4.90 Å². The van der Waals surface area contributed by atoms with E-state index in [4.69, 9.17) is 0 Å². The van der Waals surface area contributed by atoms with Crippen LogP contribution in [0, 0.1) is 18.3 Å². The minimum atomic E-state index is 0.138. The maximum atomic E-state index is 9.42. The summed E-state index contributed by atoms with van der Waals surface area (Å²) in [6, 6.07) is 19.1. The molecule has 0 unspecified atom stereocenters. The van der Waals surface area contributed by atoms with Crippen LogP contribution in [0.4, 0.5) is 5.69 Å². The van der Waals surface area contributed by atoms with Gasteiger partial charge < -0.3 is 9.80 Å². The van der Waals surface area contributed by atoms with Crippen LogP contribution in [0.2, 0.25) is 0 Å². The molecule has 0 amide bonds. The minimum Gasteiger partial charge on any atom is -0.358 e. The van der Waals surface area contributed by atoms with Gasteiger partial charge in [0.25, 0.3) is 0 Å². The molecule has 110 valence electrons. The topological polar surface area (TPSA) is 30.3 Å². The van der Waals surface area contributed by atoms with E-state index in [9.17, 15) is 5.26 Å². The smallest absolute Gasteiger partial charge is 0.138 e. The van der Waals surface area contributed by atoms with Crippen molar-refractivity contribution in [2.24, 2.45) is 0 Å². The highest BCUT2D eigenvalue weighted by Crippen LogP contribution is 2.34. The number of benzene rings is 2. The Bertz CT molecular complexity index is 756. The van der Waals surface area contributed by atoms with Crippen molar-refractivity contribution in [2.45, 2.75) is 20.0 Å². The Kier molecular flexibility index (Phi) is 3.60. The van der Waals surface area contributed by atoms with E-state index >= 15 is 0 Å². The molecule has 1 atom stereocenters. The summed E-state index contributed by atoms with van der Waals surface area (Å²) < 4.78 is 0. The maximum Gasteiger partial charge on any atom is 0.138 e. The molecule has 0 saturated heterocycles. The van der Waals surface area contributed by atoms with Crippen LogP contribution in [0.15, 0.2) is 60.4 Å². The molecular weight excluding hydrogens is 270 g/mol. The van der Waals surface area contributed by atoms with Gasteiger partial charge in [0, 0.05) is 18.9 Å². The number of nitriles is 1. The van der Waals surface area contributed by atoms with Crippen LogP contribution in [-0.2, 0) is 0 Å². The van der Waals surface area contributed by atoms with Crippen LogP contribution in [-0.4, -0.2) is 18.1 Å². The molecule has 1 aliphatic heterocycles. The highest BCUT2D eigenvalue weighted by atomic mass is 15.4. The normalized spacial score (nSPS) is 17.4. The summed E-state index contributed by atoms with van der Waals surface area (Å²) >= 11 is 0. The summed E-state index contributed by atoms with van der Waals surface area (Å²) in [6.45, 7) is 4.19. The first-order chi connectivity index (χ1) is 10.6. The molecule has 0 aromatic heterocycles. The fourth-order valence-electron chi connectivity index (χ4n) is 2.84. The van der Waals surface area contributed by atoms with Gasteiger partial charge in [-0.1, -0.05) is 42.5 Å². The monoisotopic (exact) mass is 289 g/mol. The van der Waals surface area contributed by atoms with Crippen molar-refractivity contribution in [3.05, 3.63) is 66.0 Å². The van der Waals surface area contributed by atoms with Gasteiger partial charge in [0.15, 0.2) is 0 Å². The Labute approximate surface area is 131 Å². The van der Waals surface area contributed by atoms with Crippen LogP contribution in [0.1, 0.15) is 12.5 Å². The van der Waals surface area contributed by atoms with E-state index in [1.54, 1.807) is 0 Å². The number of nitrogens with zero attached hydrogens (tertiary/aromatic N) is 3. The molecule has 3 nitrogen and oxygen atoms in total. The molecule has 3 heteroatoms. The van der Waals surface area contributed by atoms with Gasteiger partial charge in [-0.2, -0.15) is 5.26 Å². The maximum absolute atomic E-state index is 9.42. The predicted octanol–water partition coefficient (Wildman–Crippen LogP) is 4.12. The quantitative estimate of drug-likeness (QED) is 0.833. The van der Waals surface area contributed by atoms with E-state index < -0.39 is 0 Å². The van der Waals surface area contributed by atoms with E-state index in [1.165, 1.54) is 16.7 Å². The zero-order chi connectivity index (χ0) is 15.7. The van der Waals surface area contributed by atoms with Crippen LogP contribution < -0.4 is 4.90 Å². The Morgan fingerprint density at radius 1 is 1.05 bits per heavy atom. The third kappa shape index (κ3) is 2.33. The van der Waals surface area contributed by atoms with Gasteiger partial charge in [-0.15, -0.1) is 0 Å². The molecule has 2 aromatic rings. The van der Waals surface area contributed by atoms with Gasteiger partial charge in [0.05, 0.1) is 0 Å². The summed E-state index contributed by atoms with van der Waals surface area (Å²) in [7, 11) is 2.00. The summed E-state index contributed by atoms with van der Waals surface area (Å²) in [5.41, 5.74) is 5.30. The fraction of sp³-hybridized carbons (Fsp3) is 0.211. The average Bonchev–Trinajstić information content (AvgIpc) is 2.84. The first-order valence-corrected chi connectivity index (χ1v) is 7.41. The highest BCUT2D eigenvalue weighted by molar-refractivity contribution is 5.73. The van der Waals surface area contributed by atoms with Crippen molar-refractivity contribution in [3.63, 3.8) is 0 Å². The van der Waals surface area contributed by atoms with Gasteiger partial charge in [-0.05, 0) is 36.6 Å². The molecule has 0 fully saturated rings. The molecule has 2 aromatic carbocycles. The van der Waals surface area contributed by atoms with Gasteiger partial charge in [0.1, 0.15) is 17.9 Å². The lowest BCUT2D eigenvalue weighted by molar-refractivity contribution is 0.382. The van der Waals surface area contributed by atoms with Crippen LogP contribution in [0.5, 0.6) is 0 Å². The van der Waals surface area contributed by atoms with E-state index in [-0.39, 0.29) is 6.17 Å². The predicted molar refractivity (Wildman–Crippen MR) is 90.0 cm³/mol. The third-order valence-corrected chi connectivity index (χ3v) is 4.24. The summed E-state index contributed by atoms with van der Waals surface area (Å²) in [6.07, 6.45) is 2.04. The lowest BCUT2D eigenvalue weighted by Crippen LogP contribution is -2.35. The second kappa shape index (κ2) is 5.57. The zero-order valence-corrected chi connectivity index (χ0v) is 13.1. The molecule has 0 aliphatic carbocycles. The summed E-state index contributed by atoms with van der Waals surface area (Å²) in [4.78, 5) is 4.16. The summed E-state index contributed by atoms with van der Waals surface area (Å²) in [5.74, 6) is 0. The van der Waals surface area contributed by atoms with E-state index in [2.05, 4.69) is 60.0 Å². The molecule has 22 heavy (non-hydrogen) atoms. The number of rotatable bonds is 2. The van der Waals surface area contributed by atoms with Crippen LogP contribution >= 0.6 is 0 Å². The number of hydrogen-bond acceptors (Lipinski definition) is 3. The molecule has 0 radical (unpaired) electrons. The van der Waals surface area contributed by atoms with E-state index in [0.717, 1.165) is 5.69 Å². The average molecular weight is 289 g/mol. The number of hydrogen-bond donors (Lipinski definition) is 0. The molecule has 3 rings (SSSR count). The molecule has 1 heterocycles. The Morgan fingerprint density at radius 2 is 1.77 bits per heavy atom. The van der Waals surface area contributed by atoms with Gasteiger partial charge in [-0.3, -0.25) is 0 Å². The van der Waals surface area contributed by atoms with Crippen molar-refractivity contribution in [1.29, 1.82) is 5.26 Å². The summed E-state index contributed by atoms with van der Waals surface area (Å²) in [5, 5.41) is 9.42. The van der Waals surface area contributed by atoms with Crippen LogP contribution in [0.25, 0.3) is 11.1 Å². The van der Waals surface area contributed by atoms with Gasteiger partial charge in [0.2, 0.25) is 0 Å². The first-order valence-electron chi connectivity index (χ1n) is 7.41. The third-order valence-electron chi connectivity index (χ3n) is 4.24. The first kappa shape index (κ1) is 14.2. The van der Waals surface area contributed by atoms with Crippen molar-refractivity contribution in [3.8, 4) is 17.2 Å². The number of aryl methyl sites for hydroxylation is 1. The minimum absolute atomic E-state index is 0.138. The van der Waals surface area contributed by atoms with E-state index in [0.29, 0.717) is 5.70 Å². The molecule has 0 saturated carbocycles. The van der Waals surface area contributed by atoms with Crippen molar-refractivity contribution >= 4 is 5.69 Å². The largest absolute Gasteiger partial charge is 0.358 e. The Hall–Kier alpha value is -2.73. The zero-order valence-electron chi connectivity index (χ0n) is 13.1. The Balaban J connectivity index is 2.08. The molecule has 0 N–H and O–H groups in total. The number of anilines is 1. The van der Waals surface area contributed by atoms with Crippen molar-refractivity contribution in [2.75, 3.05) is 11.9 Å². The lowest BCUT2D eigenvalue weighted by Gasteiger charge is -2.29. The van der Waals surface area contributed by atoms with Gasteiger partial charge in [-0.25, -0.2) is 0 Å². The molecular formula is C19H19N3. The number of allylic oxidation sites excluding steroid dienone is 1. The lowest BCUT2D eigenvalue weighted by atomic mass is 10.0. The molecule has 0 spiro atoms. The molecule has 0 bridgehead atoms. The van der Waals surface area contributed by atoms with Crippen LogP contribution in [0.3, 0.4) is 0 Å². The SMILES string of the molecule is Cc1ccc(-c2ccccc2)cc1N1C(C#N)=CN(C)[C@@H]1C.